The molecule has 0 radical (unpaired) electrons. The summed E-state index contributed by atoms with van der Waals surface area (Å²) in [5.74, 6) is -0.148. The van der Waals surface area contributed by atoms with E-state index in [-0.39, 0.29) is 11.9 Å². The fourth-order valence-corrected chi connectivity index (χ4v) is 3.30. The Hall–Kier alpha value is -2.29. The van der Waals surface area contributed by atoms with Crippen LogP contribution < -0.4 is 10.6 Å². The van der Waals surface area contributed by atoms with Crippen LogP contribution in [-0.4, -0.2) is 43.3 Å². The first-order chi connectivity index (χ1) is 12.1. The molecule has 0 spiro atoms. The molecule has 1 heterocycles. The molecule has 1 amide bonds. The van der Waals surface area contributed by atoms with E-state index < -0.39 is 0 Å². The smallest absolute Gasteiger partial charge is 0.254 e. The topological polar surface area (TPSA) is 49.4 Å². The molecular weight excluding hydrogens is 331 g/mol. The molecule has 4 nitrogen and oxygen atoms in total. The Morgan fingerprint density at radius 3 is 2.64 bits per heavy atom. The largest absolute Gasteiger partial charge is 0.333 e. The van der Waals surface area contributed by atoms with Crippen LogP contribution in [0.5, 0.6) is 0 Å². The molecule has 1 N–H and O–H groups in total. The number of carbonyl (C=O) groups is 2. The van der Waals surface area contributed by atoms with Crippen molar-refractivity contribution in [3.8, 4) is 0 Å². The Bertz CT molecular complexity index is 815. The fraction of sp³-hybridized carbons (Fsp3) is 0.200. The number of rotatable bonds is 4. The van der Waals surface area contributed by atoms with Crippen LogP contribution in [0.25, 0.3) is 5.57 Å². The van der Waals surface area contributed by atoms with Crippen LogP contribution in [0, 0.1) is 0 Å². The van der Waals surface area contributed by atoms with Crippen LogP contribution in [0.15, 0.2) is 54.6 Å². The van der Waals surface area contributed by atoms with Gasteiger partial charge in [0.2, 0.25) is 0 Å². The minimum absolute atomic E-state index is 0.0867. The Morgan fingerprint density at radius 1 is 1.20 bits per heavy atom. The molecule has 25 heavy (non-hydrogen) atoms. The van der Waals surface area contributed by atoms with Crippen molar-refractivity contribution in [1.82, 2.24) is 10.2 Å². The molecule has 0 fully saturated rings. The van der Waals surface area contributed by atoms with Gasteiger partial charge in [-0.15, -0.1) is 9.24 Å². The predicted octanol–water partition coefficient (Wildman–Crippen LogP) is 2.13. The standard InChI is InChI=1S/C20H21N2O2P/c1-22(20(24)18-5-3-2-4-15(18)13-23)19-12-21-11-10-17(19)14-6-8-16(25)9-7-14/h2-10,13,19,21H,11-12,25H2,1H3. The SMILES string of the molecule is CN(C(=O)c1ccccc1C=O)C1CNCC=C1c1ccc(P)cc1. The van der Waals surface area contributed by atoms with E-state index in [1.165, 1.54) is 0 Å². The maximum absolute atomic E-state index is 13.0. The van der Waals surface area contributed by atoms with Crippen LogP contribution in [0.4, 0.5) is 0 Å². The number of aldehydes is 1. The van der Waals surface area contributed by atoms with Gasteiger partial charge in [0.25, 0.3) is 5.91 Å². The third-order valence-electron chi connectivity index (χ3n) is 4.51. The van der Waals surface area contributed by atoms with Gasteiger partial charge < -0.3 is 10.2 Å². The van der Waals surface area contributed by atoms with Crippen molar-refractivity contribution in [2.75, 3.05) is 20.1 Å². The van der Waals surface area contributed by atoms with E-state index in [0.29, 0.717) is 17.7 Å². The van der Waals surface area contributed by atoms with Gasteiger partial charge in [-0.2, -0.15) is 0 Å². The number of likely N-dealkylation sites (N-methyl/N-ethyl adjacent to an activating group) is 1. The predicted molar refractivity (Wildman–Crippen MR) is 104 cm³/mol. The number of nitrogens with one attached hydrogen (secondary N) is 1. The normalized spacial score (nSPS) is 16.9. The van der Waals surface area contributed by atoms with E-state index in [1.807, 2.05) is 12.1 Å². The average molecular weight is 352 g/mol. The number of carbonyl (C=O) groups excluding carboxylic acids is 2. The molecule has 2 unspecified atom stereocenters. The van der Waals surface area contributed by atoms with Crippen molar-refractivity contribution in [2.45, 2.75) is 6.04 Å². The molecule has 2 aromatic rings. The number of hydrogen-bond acceptors (Lipinski definition) is 3. The highest BCUT2D eigenvalue weighted by Crippen LogP contribution is 2.25. The van der Waals surface area contributed by atoms with Crippen LogP contribution in [0.1, 0.15) is 26.3 Å². The second-order valence-corrected chi connectivity index (χ2v) is 6.74. The van der Waals surface area contributed by atoms with Crippen LogP contribution in [0.3, 0.4) is 0 Å². The van der Waals surface area contributed by atoms with Crippen LogP contribution >= 0.6 is 9.24 Å². The number of nitrogens with zero attached hydrogens (tertiary/aromatic N) is 1. The minimum atomic E-state index is -0.148. The Balaban J connectivity index is 1.91. The summed E-state index contributed by atoms with van der Waals surface area (Å²) in [4.78, 5) is 25.9. The molecule has 0 aliphatic carbocycles. The zero-order chi connectivity index (χ0) is 17.8. The summed E-state index contributed by atoms with van der Waals surface area (Å²) >= 11 is 0. The minimum Gasteiger partial charge on any atom is -0.333 e. The maximum Gasteiger partial charge on any atom is 0.254 e. The molecule has 2 atom stereocenters. The van der Waals surface area contributed by atoms with Gasteiger partial charge in [-0.1, -0.05) is 48.5 Å². The summed E-state index contributed by atoms with van der Waals surface area (Å²) in [7, 11) is 4.47. The molecule has 5 heteroatoms. The molecule has 128 valence electrons. The first-order valence-electron chi connectivity index (χ1n) is 8.20. The summed E-state index contributed by atoms with van der Waals surface area (Å²) in [5.41, 5.74) is 3.09. The fourth-order valence-electron chi connectivity index (χ4n) is 3.11. The van der Waals surface area contributed by atoms with Crippen LogP contribution in [0.2, 0.25) is 0 Å². The van der Waals surface area contributed by atoms with E-state index in [1.54, 1.807) is 36.2 Å². The Kier molecular flexibility index (Phi) is 5.42. The molecule has 0 aromatic heterocycles. The highest BCUT2D eigenvalue weighted by Gasteiger charge is 2.27. The van der Waals surface area contributed by atoms with Gasteiger partial charge in [0.05, 0.1) is 11.6 Å². The van der Waals surface area contributed by atoms with Gasteiger partial charge in [0.1, 0.15) is 0 Å². The third kappa shape index (κ3) is 3.71. The number of amides is 1. The maximum atomic E-state index is 13.0. The van der Waals surface area contributed by atoms with Crippen molar-refractivity contribution in [3.05, 3.63) is 71.3 Å². The summed E-state index contributed by atoms with van der Waals surface area (Å²) < 4.78 is 0. The van der Waals surface area contributed by atoms with Gasteiger partial charge in [-0.05, 0) is 22.5 Å². The number of hydrogen-bond donors (Lipinski definition) is 1. The van der Waals surface area contributed by atoms with Crippen molar-refractivity contribution in [2.24, 2.45) is 0 Å². The molecule has 1 aliphatic rings. The summed E-state index contributed by atoms with van der Waals surface area (Å²) in [5, 5.41) is 4.44. The van der Waals surface area contributed by atoms with E-state index in [0.717, 1.165) is 29.3 Å². The van der Waals surface area contributed by atoms with Crippen LogP contribution in [-0.2, 0) is 0 Å². The molecule has 2 aromatic carbocycles. The third-order valence-corrected chi connectivity index (χ3v) is 4.90. The molecule has 0 saturated heterocycles. The summed E-state index contributed by atoms with van der Waals surface area (Å²) in [6, 6.07) is 15.1. The van der Waals surface area contributed by atoms with E-state index in [2.05, 4.69) is 32.8 Å². The van der Waals surface area contributed by atoms with Crippen molar-refractivity contribution >= 4 is 32.3 Å². The van der Waals surface area contributed by atoms with E-state index in [9.17, 15) is 9.59 Å². The second kappa shape index (κ2) is 7.73. The monoisotopic (exact) mass is 352 g/mol. The first-order valence-corrected chi connectivity index (χ1v) is 8.77. The molecule has 0 bridgehead atoms. The lowest BCUT2D eigenvalue weighted by atomic mass is 9.94. The van der Waals surface area contributed by atoms with Gasteiger partial charge >= 0.3 is 0 Å². The first kappa shape index (κ1) is 17.5. The van der Waals surface area contributed by atoms with Gasteiger partial charge in [-0.3, -0.25) is 9.59 Å². The zero-order valence-electron chi connectivity index (χ0n) is 14.1. The Morgan fingerprint density at radius 2 is 1.92 bits per heavy atom. The molecule has 3 rings (SSSR count). The van der Waals surface area contributed by atoms with Crippen molar-refractivity contribution in [3.63, 3.8) is 0 Å². The molecular formula is C20H21N2O2P. The van der Waals surface area contributed by atoms with E-state index >= 15 is 0 Å². The quantitative estimate of drug-likeness (QED) is 0.677. The summed E-state index contributed by atoms with van der Waals surface area (Å²) in [6.45, 7) is 1.46. The summed E-state index contributed by atoms with van der Waals surface area (Å²) in [6.07, 6.45) is 2.86. The zero-order valence-corrected chi connectivity index (χ0v) is 15.3. The highest BCUT2D eigenvalue weighted by molar-refractivity contribution is 7.27. The van der Waals surface area contributed by atoms with Crippen molar-refractivity contribution in [1.29, 1.82) is 0 Å². The average Bonchev–Trinajstić information content (AvgIpc) is 2.67. The number of benzene rings is 2. The van der Waals surface area contributed by atoms with E-state index in [4.69, 9.17) is 0 Å². The lowest BCUT2D eigenvalue weighted by molar-refractivity contribution is 0.0760. The van der Waals surface area contributed by atoms with Gasteiger partial charge in [0, 0.05) is 25.7 Å². The Labute approximate surface area is 150 Å². The highest BCUT2D eigenvalue weighted by atomic mass is 31.0. The van der Waals surface area contributed by atoms with Gasteiger partial charge in [0.15, 0.2) is 6.29 Å². The van der Waals surface area contributed by atoms with Gasteiger partial charge in [-0.25, -0.2) is 0 Å². The molecule has 1 aliphatic heterocycles. The van der Waals surface area contributed by atoms with Crippen molar-refractivity contribution < 1.29 is 9.59 Å². The lowest BCUT2D eigenvalue weighted by Crippen LogP contribution is -2.46. The second-order valence-electron chi connectivity index (χ2n) is 6.08. The molecule has 0 saturated carbocycles. The lowest BCUT2D eigenvalue weighted by Gasteiger charge is -2.34.